The van der Waals surface area contributed by atoms with E-state index in [2.05, 4.69) is 143 Å². The molecule has 42 heavy (non-hydrogen) atoms. The summed E-state index contributed by atoms with van der Waals surface area (Å²) < 4.78 is 8.21. The topological polar surface area (TPSA) is 8.81 Å². The predicted molar refractivity (Wildman–Crippen MR) is 182 cm³/mol. The monoisotopic (exact) mass is 571 g/mol. The Labute approximate surface area is 254 Å². The van der Waals surface area contributed by atoms with E-state index in [-0.39, 0.29) is 11.0 Å². The number of nitrogens with zero attached hydrogens (tertiary/aromatic N) is 2. The van der Waals surface area contributed by atoms with E-state index in [1.165, 1.54) is 65.0 Å². The van der Waals surface area contributed by atoms with Gasteiger partial charge in [-0.05, 0) is 67.5 Å². The number of rotatable bonds is 5. The third-order valence-electron chi connectivity index (χ3n) is 10.8. The first-order valence-electron chi connectivity index (χ1n) is 15.8. The van der Waals surface area contributed by atoms with Crippen LogP contribution in [0, 0.1) is 0 Å². The first-order valence-corrected chi connectivity index (χ1v) is 16.6. The number of imidazole rings is 1. The third-order valence-corrected chi connectivity index (χ3v) is 12.0. The largest absolute Gasteiger partial charge is 0.295 e. The Morgan fingerprint density at radius 1 is 0.786 bits per heavy atom. The number of thiophene rings is 1. The lowest BCUT2D eigenvalue weighted by Crippen LogP contribution is -2.67. The molecule has 0 radical (unpaired) electrons. The maximum Gasteiger partial charge on any atom is 0.295 e. The lowest BCUT2D eigenvalue weighted by atomic mass is 9.61. The van der Waals surface area contributed by atoms with Gasteiger partial charge >= 0.3 is 0 Å². The van der Waals surface area contributed by atoms with E-state index >= 15 is 0 Å². The minimum absolute atomic E-state index is 0.00213. The second-order valence-electron chi connectivity index (χ2n) is 13.4. The standard InChI is InChI=1S/C39H43N2S/c1-9-38(7)30-19-13-11-18-27(30)37-40(31-20-14-15-21-32(31)41(37)39(38,8)10-2)35-28(24(3)4)23-29-26-17-12-16-22-33(26)42-36(29)34(35)25(5)6/h11-25H,9-10H2,1-8H3/q+1. The summed E-state index contributed by atoms with van der Waals surface area (Å²) in [7, 11) is 0. The van der Waals surface area contributed by atoms with E-state index in [1.807, 2.05) is 11.3 Å². The third kappa shape index (κ3) is 3.41. The van der Waals surface area contributed by atoms with Crippen molar-refractivity contribution in [3.63, 3.8) is 0 Å². The van der Waals surface area contributed by atoms with Gasteiger partial charge in [0.25, 0.3) is 5.82 Å². The Kier molecular flexibility index (Phi) is 6.23. The Morgan fingerprint density at radius 2 is 1.48 bits per heavy atom. The second kappa shape index (κ2) is 9.54. The normalized spacial score (nSPS) is 20.2. The van der Waals surface area contributed by atoms with E-state index in [1.54, 1.807) is 0 Å². The molecule has 214 valence electrons. The van der Waals surface area contributed by atoms with Gasteiger partial charge in [0.05, 0.1) is 5.56 Å². The minimum atomic E-state index is -0.0893. The molecule has 0 aliphatic carbocycles. The van der Waals surface area contributed by atoms with Crippen LogP contribution in [0.5, 0.6) is 0 Å². The Morgan fingerprint density at radius 3 is 2.19 bits per heavy atom. The van der Waals surface area contributed by atoms with E-state index < -0.39 is 0 Å². The molecule has 0 saturated heterocycles. The van der Waals surface area contributed by atoms with Gasteiger partial charge in [0.15, 0.2) is 11.0 Å². The zero-order valence-corrected chi connectivity index (χ0v) is 27.2. The Bertz CT molecular complexity index is 2000. The van der Waals surface area contributed by atoms with Gasteiger partial charge in [0.1, 0.15) is 11.2 Å². The molecule has 0 fully saturated rings. The fraction of sp³-hybridized carbons (Fsp3) is 0.359. The molecule has 2 unspecified atom stereocenters. The summed E-state index contributed by atoms with van der Waals surface area (Å²) in [5, 5.41) is 2.78. The van der Waals surface area contributed by atoms with E-state index in [0.29, 0.717) is 11.8 Å². The van der Waals surface area contributed by atoms with E-state index in [0.717, 1.165) is 12.8 Å². The van der Waals surface area contributed by atoms with Gasteiger partial charge in [-0.3, -0.25) is 0 Å². The molecule has 1 aliphatic heterocycles. The highest BCUT2D eigenvalue weighted by Gasteiger charge is 2.56. The van der Waals surface area contributed by atoms with Crippen molar-refractivity contribution < 1.29 is 4.57 Å². The van der Waals surface area contributed by atoms with Crippen LogP contribution in [0.25, 0.3) is 48.3 Å². The summed E-state index contributed by atoms with van der Waals surface area (Å²) in [5.74, 6) is 2.07. The molecular formula is C39H43N2S+. The summed E-state index contributed by atoms with van der Waals surface area (Å²) in [4.78, 5) is 0. The molecule has 3 heterocycles. The SMILES string of the molecule is CCC1(C)c2ccccc2-c2n(-c3c(C(C)C)cc4c(sc5ccccc54)c3C(C)C)c3ccccc3[n+]2C1(C)CC. The Hall–Kier alpha value is -3.43. The van der Waals surface area contributed by atoms with Crippen LogP contribution in [0.1, 0.15) is 96.8 Å². The van der Waals surface area contributed by atoms with Crippen LogP contribution < -0.4 is 4.57 Å². The lowest BCUT2D eigenvalue weighted by Gasteiger charge is -2.47. The second-order valence-corrected chi connectivity index (χ2v) is 14.4. The summed E-state index contributed by atoms with van der Waals surface area (Å²) >= 11 is 1.96. The van der Waals surface area contributed by atoms with Crippen molar-refractivity contribution in [3.05, 3.63) is 95.6 Å². The maximum absolute atomic E-state index is 2.73. The Balaban J connectivity index is 1.75. The van der Waals surface area contributed by atoms with Crippen LogP contribution in [0.2, 0.25) is 0 Å². The van der Waals surface area contributed by atoms with Gasteiger partial charge in [-0.1, -0.05) is 97.0 Å². The molecule has 6 aromatic rings. The van der Waals surface area contributed by atoms with Crippen LogP contribution in [0.15, 0.2) is 78.9 Å². The molecule has 2 aromatic heterocycles. The zero-order chi connectivity index (χ0) is 29.6. The molecule has 0 bridgehead atoms. The molecule has 2 nitrogen and oxygen atoms in total. The highest BCUT2D eigenvalue weighted by Crippen LogP contribution is 2.53. The first-order chi connectivity index (χ1) is 20.2. The number of para-hydroxylation sites is 2. The molecule has 1 aliphatic rings. The highest BCUT2D eigenvalue weighted by molar-refractivity contribution is 7.26. The van der Waals surface area contributed by atoms with Gasteiger partial charge < -0.3 is 0 Å². The minimum Gasteiger partial charge on any atom is -0.216 e. The van der Waals surface area contributed by atoms with Gasteiger partial charge in [-0.2, -0.15) is 4.57 Å². The fourth-order valence-electron chi connectivity index (χ4n) is 8.07. The van der Waals surface area contributed by atoms with Gasteiger partial charge in [-0.25, -0.2) is 4.57 Å². The average molecular weight is 572 g/mol. The smallest absolute Gasteiger partial charge is 0.216 e. The van der Waals surface area contributed by atoms with Crippen molar-refractivity contribution in [2.45, 2.75) is 91.0 Å². The fourth-order valence-corrected chi connectivity index (χ4v) is 9.45. The number of fused-ring (bicyclic) bond motifs is 8. The average Bonchev–Trinajstić information content (AvgIpc) is 3.54. The van der Waals surface area contributed by atoms with Gasteiger partial charge in [-0.15, -0.1) is 11.3 Å². The molecule has 0 spiro atoms. The molecule has 0 saturated carbocycles. The molecule has 4 aromatic carbocycles. The van der Waals surface area contributed by atoms with E-state index in [9.17, 15) is 0 Å². The molecular weight excluding hydrogens is 529 g/mol. The van der Waals surface area contributed by atoms with Gasteiger partial charge in [0, 0.05) is 36.7 Å². The zero-order valence-electron chi connectivity index (χ0n) is 26.4. The van der Waals surface area contributed by atoms with E-state index in [4.69, 9.17) is 0 Å². The van der Waals surface area contributed by atoms with Crippen LogP contribution in [-0.2, 0) is 11.0 Å². The number of benzene rings is 4. The van der Waals surface area contributed by atoms with Crippen LogP contribution in [-0.4, -0.2) is 4.57 Å². The summed E-state index contributed by atoms with van der Waals surface area (Å²) in [6, 6.07) is 29.9. The van der Waals surface area contributed by atoms with Crippen molar-refractivity contribution in [2.75, 3.05) is 0 Å². The summed E-state index contributed by atoms with van der Waals surface area (Å²) in [6.07, 6.45) is 2.14. The first kappa shape index (κ1) is 27.4. The van der Waals surface area contributed by atoms with Crippen molar-refractivity contribution in [3.8, 4) is 17.1 Å². The molecule has 0 amide bonds. The predicted octanol–water partition coefficient (Wildman–Crippen LogP) is 11.0. The van der Waals surface area contributed by atoms with Crippen molar-refractivity contribution >= 4 is 42.5 Å². The van der Waals surface area contributed by atoms with Crippen LogP contribution in [0.4, 0.5) is 0 Å². The van der Waals surface area contributed by atoms with Crippen molar-refractivity contribution in [1.82, 2.24) is 4.57 Å². The number of aromatic nitrogens is 2. The van der Waals surface area contributed by atoms with Crippen LogP contribution >= 0.6 is 11.3 Å². The maximum atomic E-state index is 2.73. The number of hydrogen-bond acceptors (Lipinski definition) is 1. The highest BCUT2D eigenvalue weighted by atomic mass is 32.1. The summed E-state index contributed by atoms with van der Waals surface area (Å²) in [5.41, 5.74) is 9.66. The van der Waals surface area contributed by atoms with Crippen molar-refractivity contribution in [1.29, 1.82) is 0 Å². The van der Waals surface area contributed by atoms with Crippen LogP contribution in [0.3, 0.4) is 0 Å². The summed E-state index contributed by atoms with van der Waals surface area (Å²) in [6.45, 7) is 19.3. The molecule has 3 heteroatoms. The molecule has 0 N–H and O–H groups in total. The molecule has 7 rings (SSSR count). The van der Waals surface area contributed by atoms with Crippen molar-refractivity contribution in [2.24, 2.45) is 0 Å². The molecule has 2 atom stereocenters. The lowest BCUT2D eigenvalue weighted by molar-refractivity contribution is -0.743. The quantitative estimate of drug-likeness (QED) is 0.182. The number of hydrogen-bond donors (Lipinski definition) is 0. The van der Waals surface area contributed by atoms with Gasteiger partial charge in [0.2, 0.25) is 0 Å².